The van der Waals surface area contributed by atoms with Gasteiger partial charge >= 0.3 is 5.97 Å². The highest BCUT2D eigenvalue weighted by atomic mass is 16.6. The van der Waals surface area contributed by atoms with Crippen LogP contribution in [0.25, 0.3) is 11.0 Å². The Bertz CT molecular complexity index is 1080. The first-order valence-corrected chi connectivity index (χ1v) is 9.13. The molecule has 1 N–H and O–H groups in total. The number of carbonyl (C=O) groups is 2. The van der Waals surface area contributed by atoms with Crippen LogP contribution < -0.4 is 5.32 Å². The minimum Gasteiger partial charge on any atom is -0.449 e. The van der Waals surface area contributed by atoms with Crippen LogP contribution in [0, 0.1) is 11.3 Å². The molecule has 0 aliphatic carbocycles. The Morgan fingerprint density at radius 3 is 2.76 bits per heavy atom. The van der Waals surface area contributed by atoms with E-state index in [0.717, 1.165) is 5.39 Å². The van der Waals surface area contributed by atoms with E-state index in [-0.39, 0.29) is 12.4 Å². The second-order valence-corrected chi connectivity index (χ2v) is 6.27. The highest BCUT2D eigenvalue weighted by molar-refractivity contribution is 5.99. The van der Waals surface area contributed by atoms with Crippen molar-refractivity contribution in [2.75, 3.05) is 11.9 Å². The molecular formula is C22H20N2O5. The minimum absolute atomic E-state index is 0.0192. The summed E-state index contributed by atoms with van der Waals surface area (Å²) in [5.74, 6) is -1.24. The number of esters is 1. The van der Waals surface area contributed by atoms with Gasteiger partial charge in [0.2, 0.25) is 5.76 Å². The molecule has 148 valence electrons. The standard InChI is InChI=1S/C22H20N2O5/c1-3-27-13-18-17-9-4-5-10-19(17)29-20(18)22(26)28-14(2)21(25)24-16-8-6-7-15(11-16)12-23/h4-11,14H,3,13H2,1-2H3,(H,24,25)/t14-/m0/s1. The molecule has 1 aromatic heterocycles. The number of rotatable bonds is 7. The van der Waals surface area contributed by atoms with Crippen molar-refractivity contribution >= 4 is 28.5 Å². The van der Waals surface area contributed by atoms with Gasteiger partial charge in [0.05, 0.1) is 18.2 Å². The minimum atomic E-state index is -1.07. The molecule has 2 aromatic carbocycles. The third-order valence-electron chi connectivity index (χ3n) is 4.25. The third-order valence-corrected chi connectivity index (χ3v) is 4.25. The number of para-hydroxylation sites is 1. The lowest BCUT2D eigenvalue weighted by Crippen LogP contribution is -2.30. The van der Waals surface area contributed by atoms with Gasteiger partial charge < -0.3 is 19.2 Å². The fourth-order valence-corrected chi connectivity index (χ4v) is 2.79. The van der Waals surface area contributed by atoms with Crippen LogP contribution in [0.3, 0.4) is 0 Å². The van der Waals surface area contributed by atoms with Crippen molar-refractivity contribution in [3.8, 4) is 6.07 Å². The van der Waals surface area contributed by atoms with Crippen molar-refractivity contribution in [1.82, 2.24) is 0 Å². The molecule has 0 fully saturated rings. The fourth-order valence-electron chi connectivity index (χ4n) is 2.79. The van der Waals surface area contributed by atoms with Gasteiger partial charge in [0.1, 0.15) is 5.58 Å². The molecule has 1 amide bonds. The first-order valence-electron chi connectivity index (χ1n) is 9.13. The Labute approximate surface area is 167 Å². The smallest absolute Gasteiger partial charge is 0.375 e. The van der Waals surface area contributed by atoms with Gasteiger partial charge in [-0.25, -0.2) is 4.79 Å². The van der Waals surface area contributed by atoms with Gasteiger partial charge in [0, 0.05) is 23.2 Å². The maximum atomic E-state index is 12.7. The summed E-state index contributed by atoms with van der Waals surface area (Å²) < 4.78 is 16.4. The maximum Gasteiger partial charge on any atom is 0.375 e. The zero-order valence-corrected chi connectivity index (χ0v) is 16.1. The molecule has 7 heteroatoms. The summed E-state index contributed by atoms with van der Waals surface area (Å²) in [5.41, 5.74) is 1.98. The van der Waals surface area contributed by atoms with Gasteiger partial charge in [-0.05, 0) is 38.1 Å². The average Bonchev–Trinajstić information content (AvgIpc) is 3.11. The summed E-state index contributed by atoms with van der Waals surface area (Å²) in [5, 5.41) is 12.3. The predicted molar refractivity (Wildman–Crippen MR) is 106 cm³/mol. The van der Waals surface area contributed by atoms with E-state index in [2.05, 4.69) is 5.32 Å². The maximum absolute atomic E-state index is 12.7. The number of hydrogen-bond donors (Lipinski definition) is 1. The molecule has 0 saturated carbocycles. The van der Waals surface area contributed by atoms with Gasteiger partial charge in [-0.2, -0.15) is 5.26 Å². The Balaban J connectivity index is 1.75. The lowest BCUT2D eigenvalue weighted by atomic mass is 10.1. The molecule has 29 heavy (non-hydrogen) atoms. The number of ether oxygens (including phenoxy) is 2. The van der Waals surface area contributed by atoms with Gasteiger partial charge in [-0.1, -0.05) is 24.3 Å². The van der Waals surface area contributed by atoms with Gasteiger partial charge in [-0.15, -0.1) is 0 Å². The number of nitrogens with one attached hydrogen (secondary N) is 1. The van der Waals surface area contributed by atoms with Crippen molar-refractivity contribution in [3.05, 3.63) is 65.4 Å². The number of nitriles is 1. The number of anilines is 1. The quantitative estimate of drug-likeness (QED) is 0.609. The van der Waals surface area contributed by atoms with E-state index in [4.69, 9.17) is 19.2 Å². The summed E-state index contributed by atoms with van der Waals surface area (Å²) >= 11 is 0. The fraction of sp³-hybridized carbons (Fsp3) is 0.227. The molecule has 0 aliphatic heterocycles. The molecule has 3 aromatic rings. The summed E-state index contributed by atoms with van der Waals surface area (Å²) in [6, 6.07) is 15.7. The Kier molecular flexibility index (Phi) is 6.27. The van der Waals surface area contributed by atoms with E-state index in [1.165, 1.54) is 13.0 Å². The number of carbonyl (C=O) groups excluding carboxylic acids is 2. The van der Waals surface area contributed by atoms with Crippen molar-refractivity contribution in [3.63, 3.8) is 0 Å². The van der Waals surface area contributed by atoms with Crippen LogP contribution in [0.15, 0.2) is 52.9 Å². The summed E-state index contributed by atoms with van der Waals surface area (Å²) in [4.78, 5) is 25.1. The lowest BCUT2D eigenvalue weighted by molar-refractivity contribution is -0.123. The molecule has 0 radical (unpaired) electrons. The summed E-state index contributed by atoms with van der Waals surface area (Å²) in [6.45, 7) is 3.99. The largest absolute Gasteiger partial charge is 0.449 e. The van der Waals surface area contributed by atoms with E-state index in [0.29, 0.717) is 29.0 Å². The van der Waals surface area contributed by atoms with Gasteiger partial charge in [-0.3, -0.25) is 4.79 Å². The van der Waals surface area contributed by atoms with E-state index in [1.54, 1.807) is 30.3 Å². The van der Waals surface area contributed by atoms with Gasteiger partial charge in [0.15, 0.2) is 6.10 Å². The number of benzene rings is 2. The second kappa shape index (κ2) is 9.04. The number of fused-ring (bicyclic) bond motifs is 1. The van der Waals surface area contributed by atoms with Crippen LogP contribution in [0.5, 0.6) is 0 Å². The van der Waals surface area contributed by atoms with Crippen molar-refractivity contribution in [1.29, 1.82) is 5.26 Å². The number of amides is 1. The molecule has 0 saturated heterocycles. The molecule has 1 atom stereocenters. The highest BCUT2D eigenvalue weighted by Gasteiger charge is 2.26. The Hall–Kier alpha value is -3.63. The monoisotopic (exact) mass is 392 g/mol. The highest BCUT2D eigenvalue weighted by Crippen LogP contribution is 2.27. The average molecular weight is 392 g/mol. The van der Waals surface area contributed by atoms with Crippen LogP contribution in [-0.4, -0.2) is 24.6 Å². The van der Waals surface area contributed by atoms with Crippen LogP contribution in [0.4, 0.5) is 5.69 Å². The van der Waals surface area contributed by atoms with Crippen molar-refractivity contribution < 1.29 is 23.5 Å². The van der Waals surface area contributed by atoms with E-state index in [9.17, 15) is 9.59 Å². The van der Waals surface area contributed by atoms with Crippen LogP contribution in [0.2, 0.25) is 0 Å². The van der Waals surface area contributed by atoms with Crippen molar-refractivity contribution in [2.24, 2.45) is 0 Å². The van der Waals surface area contributed by atoms with Gasteiger partial charge in [0.25, 0.3) is 5.91 Å². The zero-order chi connectivity index (χ0) is 20.8. The normalized spacial score (nSPS) is 11.6. The van der Waals surface area contributed by atoms with E-state index < -0.39 is 18.0 Å². The second-order valence-electron chi connectivity index (χ2n) is 6.27. The van der Waals surface area contributed by atoms with Crippen LogP contribution in [-0.2, 0) is 20.9 Å². The Morgan fingerprint density at radius 1 is 1.21 bits per heavy atom. The molecule has 1 heterocycles. The molecule has 3 rings (SSSR count). The van der Waals surface area contributed by atoms with Crippen molar-refractivity contribution in [2.45, 2.75) is 26.6 Å². The first kappa shape index (κ1) is 20.1. The van der Waals surface area contributed by atoms with E-state index >= 15 is 0 Å². The Morgan fingerprint density at radius 2 is 2.00 bits per heavy atom. The summed E-state index contributed by atoms with van der Waals surface area (Å²) in [7, 11) is 0. The molecule has 0 bridgehead atoms. The van der Waals surface area contributed by atoms with Crippen LogP contribution >= 0.6 is 0 Å². The molecule has 7 nitrogen and oxygen atoms in total. The van der Waals surface area contributed by atoms with E-state index in [1.807, 2.05) is 25.1 Å². The van der Waals surface area contributed by atoms with Crippen LogP contribution in [0.1, 0.15) is 35.5 Å². The SMILES string of the molecule is CCOCc1c(C(=O)O[C@@H](C)C(=O)Nc2cccc(C#N)c2)oc2ccccc12. The first-order chi connectivity index (χ1) is 14.0. The number of nitrogens with zero attached hydrogens (tertiary/aromatic N) is 1. The summed E-state index contributed by atoms with van der Waals surface area (Å²) in [6.07, 6.45) is -1.07. The number of hydrogen-bond acceptors (Lipinski definition) is 6. The third kappa shape index (κ3) is 4.62. The molecule has 0 unspecified atom stereocenters. The molecular weight excluding hydrogens is 372 g/mol. The predicted octanol–water partition coefficient (Wildman–Crippen LogP) is 4.02. The number of furan rings is 1. The topological polar surface area (TPSA) is 102 Å². The molecule has 0 spiro atoms. The lowest BCUT2D eigenvalue weighted by Gasteiger charge is -2.13. The zero-order valence-electron chi connectivity index (χ0n) is 16.1. The molecule has 0 aliphatic rings.